The van der Waals surface area contributed by atoms with Crippen LogP contribution in [-0.4, -0.2) is 13.1 Å². The lowest BCUT2D eigenvalue weighted by atomic mass is 10.0. The third-order valence-corrected chi connectivity index (χ3v) is 4.85. The Morgan fingerprint density at radius 2 is 1.76 bits per heavy atom. The predicted octanol–water partition coefficient (Wildman–Crippen LogP) is 5.22. The molecule has 0 fully saturated rings. The van der Waals surface area contributed by atoms with Crippen LogP contribution in [-0.2, 0) is 0 Å². The predicted molar refractivity (Wildman–Crippen MR) is 120 cm³/mol. The number of para-hydroxylation sites is 1. The van der Waals surface area contributed by atoms with Crippen molar-refractivity contribution in [3.05, 3.63) is 106 Å². The van der Waals surface area contributed by atoms with Crippen molar-refractivity contribution in [2.45, 2.75) is 0 Å². The minimum atomic E-state index is -0.903. The fourth-order valence-electron chi connectivity index (χ4n) is 3.23. The number of allylic oxidation sites excluding steroid dienone is 1. The second kappa shape index (κ2) is 9.20. The summed E-state index contributed by atoms with van der Waals surface area (Å²) in [5.74, 6) is -1.16. The maximum absolute atomic E-state index is 14.1. The molecule has 4 aromatic rings. The SMILES string of the molecule is COc1cc(/C=C(/C#N)c2ccccc2F)ccc1OC(=O)c1cc2ccccc2oc1=O. The number of ether oxygens (including phenoxy) is 2. The Labute approximate surface area is 187 Å². The van der Waals surface area contributed by atoms with Crippen molar-refractivity contribution >= 4 is 28.6 Å². The van der Waals surface area contributed by atoms with Gasteiger partial charge in [-0.15, -0.1) is 0 Å². The highest BCUT2D eigenvalue weighted by molar-refractivity contribution is 5.94. The van der Waals surface area contributed by atoms with E-state index in [9.17, 15) is 19.2 Å². The number of rotatable bonds is 5. The van der Waals surface area contributed by atoms with Gasteiger partial charge < -0.3 is 13.9 Å². The number of nitriles is 1. The summed E-state index contributed by atoms with van der Waals surface area (Å²) < 4.78 is 29.9. The molecule has 7 heteroatoms. The van der Waals surface area contributed by atoms with E-state index in [2.05, 4.69) is 0 Å². The van der Waals surface area contributed by atoms with Gasteiger partial charge >= 0.3 is 11.6 Å². The van der Waals surface area contributed by atoms with Crippen LogP contribution < -0.4 is 15.1 Å². The molecule has 0 unspecified atom stereocenters. The van der Waals surface area contributed by atoms with E-state index in [4.69, 9.17) is 13.9 Å². The van der Waals surface area contributed by atoms with Gasteiger partial charge in [0, 0.05) is 10.9 Å². The second-order valence-electron chi connectivity index (χ2n) is 6.93. The lowest BCUT2D eigenvalue weighted by Crippen LogP contribution is -2.19. The van der Waals surface area contributed by atoms with Crippen molar-refractivity contribution in [2.75, 3.05) is 7.11 Å². The zero-order chi connectivity index (χ0) is 23.4. The summed E-state index contributed by atoms with van der Waals surface area (Å²) >= 11 is 0. The number of halogens is 1. The molecule has 3 aromatic carbocycles. The molecule has 0 aliphatic carbocycles. The zero-order valence-electron chi connectivity index (χ0n) is 17.4. The molecular formula is C26H16FNO5. The second-order valence-corrected chi connectivity index (χ2v) is 6.93. The lowest BCUT2D eigenvalue weighted by Gasteiger charge is -2.10. The van der Waals surface area contributed by atoms with Crippen LogP contribution in [0.4, 0.5) is 4.39 Å². The van der Waals surface area contributed by atoms with Crippen molar-refractivity contribution in [2.24, 2.45) is 0 Å². The van der Waals surface area contributed by atoms with E-state index in [1.54, 1.807) is 36.4 Å². The maximum Gasteiger partial charge on any atom is 0.351 e. The van der Waals surface area contributed by atoms with Gasteiger partial charge in [0.15, 0.2) is 11.5 Å². The maximum atomic E-state index is 14.1. The average Bonchev–Trinajstić information content (AvgIpc) is 2.83. The van der Waals surface area contributed by atoms with Crippen molar-refractivity contribution in [3.8, 4) is 17.6 Å². The van der Waals surface area contributed by atoms with E-state index in [-0.39, 0.29) is 28.2 Å². The Bertz CT molecular complexity index is 1500. The molecule has 0 amide bonds. The van der Waals surface area contributed by atoms with Crippen LogP contribution >= 0.6 is 0 Å². The summed E-state index contributed by atoms with van der Waals surface area (Å²) in [6.07, 6.45) is 1.49. The van der Waals surface area contributed by atoms with Crippen LogP contribution in [0, 0.1) is 17.1 Å². The highest BCUT2D eigenvalue weighted by Crippen LogP contribution is 2.31. The average molecular weight is 441 g/mol. The minimum Gasteiger partial charge on any atom is -0.493 e. The van der Waals surface area contributed by atoms with Gasteiger partial charge in [-0.05, 0) is 42.0 Å². The Morgan fingerprint density at radius 1 is 1.00 bits per heavy atom. The summed E-state index contributed by atoms with van der Waals surface area (Å²) in [5, 5.41) is 10.0. The van der Waals surface area contributed by atoms with Crippen LogP contribution in [0.1, 0.15) is 21.5 Å². The fraction of sp³-hybridized carbons (Fsp3) is 0.0385. The molecule has 33 heavy (non-hydrogen) atoms. The summed E-state index contributed by atoms with van der Waals surface area (Å²) in [5.41, 5.74) is 0.0885. The van der Waals surface area contributed by atoms with Crippen LogP contribution in [0.25, 0.3) is 22.6 Å². The third-order valence-electron chi connectivity index (χ3n) is 4.85. The van der Waals surface area contributed by atoms with Gasteiger partial charge in [0.1, 0.15) is 17.0 Å². The van der Waals surface area contributed by atoms with Crippen molar-refractivity contribution < 1.29 is 23.1 Å². The van der Waals surface area contributed by atoms with Gasteiger partial charge in [-0.3, -0.25) is 0 Å². The molecule has 0 saturated carbocycles. The first-order chi connectivity index (χ1) is 16.0. The summed E-state index contributed by atoms with van der Waals surface area (Å²) in [4.78, 5) is 24.9. The van der Waals surface area contributed by atoms with Crippen LogP contribution in [0.15, 0.2) is 82.0 Å². The van der Waals surface area contributed by atoms with Gasteiger partial charge in [-0.1, -0.05) is 42.5 Å². The van der Waals surface area contributed by atoms with Crippen LogP contribution in [0.2, 0.25) is 0 Å². The molecule has 4 rings (SSSR count). The molecule has 6 nitrogen and oxygen atoms in total. The largest absolute Gasteiger partial charge is 0.493 e. The standard InChI is InChI=1S/C26H16FNO5/c1-31-24-13-16(12-18(15-28)19-7-3-4-8-21(19)27)10-11-23(24)33-26(30)20-14-17-6-2-5-9-22(17)32-25(20)29/h2-14H,1H3/b18-12-. The van der Waals surface area contributed by atoms with Crippen molar-refractivity contribution in [1.82, 2.24) is 0 Å². The first-order valence-corrected chi connectivity index (χ1v) is 9.80. The summed E-state index contributed by atoms with van der Waals surface area (Å²) in [6, 6.07) is 20.7. The molecule has 1 aromatic heterocycles. The molecule has 1 heterocycles. The topological polar surface area (TPSA) is 89.5 Å². The Hall–Kier alpha value is -4.70. The number of nitrogens with zero attached hydrogens (tertiary/aromatic N) is 1. The number of fused-ring (bicyclic) bond motifs is 1. The fourth-order valence-corrected chi connectivity index (χ4v) is 3.23. The molecule has 0 spiro atoms. The molecule has 0 bridgehead atoms. The summed E-state index contributed by atoms with van der Waals surface area (Å²) in [6.45, 7) is 0. The molecule has 0 aliphatic rings. The highest BCUT2D eigenvalue weighted by atomic mass is 19.1. The van der Waals surface area contributed by atoms with E-state index in [1.165, 1.54) is 49.6 Å². The molecule has 0 N–H and O–H groups in total. The first-order valence-electron chi connectivity index (χ1n) is 9.80. The molecule has 0 radical (unpaired) electrons. The van der Waals surface area contributed by atoms with Gasteiger partial charge in [0.25, 0.3) is 0 Å². The lowest BCUT2D eigenvalue weighted by molar-refractivity contribution is 0.0725. The van der Waals surface area contributed by atoms with E-state index >= 15 is 0 Å². The molecule has 0 saturated heterocycles. The highest BCUT2D eigenvalue weighted by Gasteiger charge is 2.18. The van der Waals surface area contributed by atoms with Gasteiger partial charge in [-0.2, -0.15) is 5.26 Å². The van der Waals surface area contributed by atoms with Gasteiger partial charge in [0.05, 0.1) is 18.8 Å². The number of benzene rings is 3. The normalized spacial score (nSPS) is 11.1. The molecule has 0 aliphatic heterocycles. The zero-order valence-corrected chi connectivity index (χ0v) is 17.4. The molecular weight excluding hydrogens is 425 g/mol. The first kappa shape index (κ1) is 21.5. The minimum absolute atomic E-state index is 0.0663. The van der Waals surface area contributed by atoms with Crippen molar-refractivity contribution in [3.63, 3.8) is 0 Å². The molecule has 162 valence electrons. The number of carbonyl (C=O) groups excluding carboxylic acids is 1. The van der Waals surface area contributed by atoms with Gasteiger partial charge in [-0.25, -0.2) is 14.0 Å². The van der Waals surface area contributed by atoms with E-state index < -0.39 is 17.4 Å². The number of hydrogen-bond acceptors (Lipinski definition) is 6. The number of hydrogen-bond donors (Lipinski definition) is 0. The molecule has 0 atom stereocenters. The Morgan fingerprint density at radius 3 is 2.52 bits per heavy atom. The van der Waals surface area contributed by atoms with Crippen molar-refractivity contribution in [1.29, 1.82) is 5.26 Å². The van der Waals surface area contributed by atoms with E-state index in [0.29, 0.717) is 16.5 Å². The number of methoxy groups -OCH3 is 1. The monoisotopic (exact) mass is 441 g/mol. The Balaban J connectivity index is 1.65. The third kappa shape index (κ3) is 4.50. The van der Waals surface area contributed by atoms with Gasteiger partial charge in [0.2, 0.25) is 0 Å². The van der Waals surface area contributed by atoms with E-state index in [0.717, 1.165) is 0 Å². The van der Waals surface area contributed by atoms with E-state index in [1.807, 2.05) is 6.07 Å². The quantitative estimate of drug-likeness (QED) is 0.139. The Kier molecular flexibility index (Phi) is 6.00. The van der Waals surface area contributed by atoms with Crippen LogP contribution in [0.3, 0.4) is 0 Å². The summed E-state index contributed by atoms with van der Waals surface area (Å²) in [7, 11) is 1.38. The van der Waals surface area contributed by atoms with Crippen LogP contribution in [0.5, 0.6) is 11.5 Å². The smallest absolute Gasteiger partial charge is 0.351 e. The number of carbonyl (C=O) groups is 1. The number of esters is 1.